The molecule has 2 fully saturated rings. The highest BCUT2D eigenvalue weighted by molar-refractivity contribution is 5.95. The molecule has 0 aromatic heterocycles. The number of ether oxygens (including phenoxy) is 2. The zero-order valence-electron chi connectivity index (χ0n) is 22.3. The second-order valence-corrected chi connectivity index (χ2v) is 10.6. The first-order valence-electron chi connectivity index (χ1n) is 13.1. The summed E-state index contributed by atoms with van der Waals surface area (Å²) in [6.45, 7) is 9.80. The van der Waals surface area contributed by atoms with Crippen LogP contribution >= 0.6 is 0 Å². The highest BCUT2D eigenvalue weighted by Gasteiger charge is 2.29. The Balaban J connectivity index is 1.46. The van der Waals surface area contributed by atoms with Crippen LogP contribution in [0.15, 0.2) is 36.4 Å². The van der Waals surface area contributed by atoms with Crippen molar-refractivity contribution >= 4 is 29.6 Å². The molecule has 1 aromatic rings. The number of likely N-dealkylation sites (tertiary alicyclic amines) is 2. The molecule has 3 amide bonds. The van der Waals surface area contributed by atoms with E-state index in [0.29, 0.717) is 50.5 Å². The van der Waals surface area contributed by atoms with Crippen LogP contribution in [-0.2, 0) is 19.1 Å². The summed E-state index contributed by atoms with van der Waals surface area (Å²) in [7, 11) is 0. The molecule has 9 nitrogen and oxygen atoms in total. The van der Waals surface area contributed by atoms with Crippen molar-refractivity contribution in [2.24, 2.45) is 11.8 Å². The van der Waals surface area contributed by atoms with Crippen LogP contribution in [0.4, 0.5) is 10.5 Å². The third-order valence-corrected chi connectivity index (χ3v) is 6.47. The highest BCUT2D eigenvalue weighted by atomic mass is 16.6. The molecular formula is C28H39N3O6. The predicted molar refractivity (Wildman–Crippen MR) is 140 cm³/mol. The Labute approximate surface area is 219 Å². The first-order chi connectivity index (χ1) is 17.6. The van der Waals surface area contributed by atoms with E-state index in [1.807, 2.05) is 26.8 Å². The van der Waals surface area contributed by atoms with Crippen LogP contribution in [0, 0.1) is 11.8 Å². The summed E-state index contributed by atoms with van der Waals surface area (Å²) in [6, 6.07) is 6.58. The smallest absolute Gasteiger partial charge is 0.410 e. The van der Waals surface area contributed by atoms with Crippen molar-refractivity contribution in [2.75, 3.05) is 38.1 Å². The number of carbonyl (C=O) groups is 4. The molecule has 0 unspecified atom stereocenters. The van der Waals surface area contributed by atoms with Crippen molar-refractivity contribution in [1.82, 2.24) is 9.80 Å². The molecule has 3 rings (SSSR count). The number of hydrogen-bond acceptors (Lipinski definition) is 6. The van der Waals surface area contributed by atoms with E-state index in [2.05, 4.69) is 5.32 Å². The maximum absolute atomic E-state index is 12.8. The summed E-state index contributed by atoms with van der Waals surface area (Å²) in [5.41, 5.74) is 0.508. The molecule has 2 saturated heterocycles. The van der Waals surface area contributed by atoms with Crippen LogP contribution < -0.4 is 5.32 Å². The van der Waals surface area contributed by atoms with Crippen molar-refractivity contribution in [1.29, 1.82) is 0 Å². The quantitative estimate of drug-likeness (QED) is 0.451. The van der Waals surface area contributed by atoms with Crippen LogP contribution in [0.3, 0.4) is 0 Å². The van der Waals surface area contributed by atoms with Crippen LogP contribution in [0.1, 0.15) is 63.7 Å². The number of amides is 3. The Morgan fingerprint density at radius 3 is 2.30 bits per heavy atom. The minimum absolute atomic E-state index is 0.0918. The van der Waals surface area contributed by atoms with Crippen molar-refractivity contribution in [2.45, 2.75) is 59.0 Å². The number of benzene rings is 1. The van der Waals surface area contributed by atoms with Crippen LogP contribution in [-0.4, -0.2) is 72.1 Å². The first kappa shape index (κ1) is 28.2. The SMILES string of the molecule is CCOC(=O)c1ccc(NC(=O)[C@@H]2CCCN(C(=O)C=CC3CCN(C(=O)OC(C)(C)C)CC3)C2)cc1. The molecule has 1 N–H and O–H groups in total. The molecule has 2 aliphatic rings. The second-order valence-electron chi connectivity index (χ2n) is 10.6. The molecule has 2 heterocycles. The molecule has 1 aromatic carbocycles. The summed E-state index contributed by atoms with van der Waals surface area (Å²) in [6.07, 6.45) is 6.29. The minimum atomic E-state index is -0.516. The number of hydrogen-bond donors (Lipinski definition) is 1. The lowest BCUT2D eigenvalue weighted by Crippen LogP contribution is -2.43. The molecule has 0 saturated carbocycles. The van der Waals surface area contributed by atoms with E-state index in [9.17, 15) is 19.2 Å². The Morgan fingerprint density at radius 2 is 1.68 bits per heavy atom. The van der Waals surface area contributed by atoms with Gasteiger partial charge in [0.25, 0.3) is 0 Å². The van der Waals surface area contributed by atoms with E-state index >= 15 is 0 Å². The number of rotatable bonds is 6. The monoisotopic (exact) mass is 513 g/mol. The molecule has 9 heteroatoms. The van der Waals surface area contributed by atoms with E-state index in [4.69, 9.17) is 9.47 Å². The summed E-state index contributed by atoms with van der Waals surface area (Å²) in [5, 5.41) is 2.89. The van der Waals surface area contributed by atoms with E-state index in [-0.39, 0.29) is 29.7 Å². The molecule has 1 atom stereocenters. The van der Waals surface area contributed by atoms with E-state index in [0.717, 1.165) is 19.3 Å². The maximum Gasteiger partial charge on any atom is 0.410 e. The van der Waals surface area contributed by atoms with Crippen LogP contribution in [0.2, 0.25) is 0 Å². The third kappa shape index (κ3) is 8.61. The fraction of sp³-hybridized carbons (Fsp3) is 0.571. The summed E-state index contributed by atoms with van der Waals surface area (Å²) < 4.78 is 10.4. The third-order valence-electron chi connectivity index (χ3n) is 6.47. The van der Waals surface area contributed by atoms with Gasteiger partial charge < -0.3 is 24.6 Å². The second kappa shape index (κ2) is 12.7. The van der Waals surface area contributed by atoms with Gasteiger partial charge in [-0.25, -0.2) is 9.59 Å². The van der Waals surface area contributed by atoms with Crippen molar-refractivity contribution in [3.63, 3.8) is 0 Å². The molecule has 0 spiro atoms. The Morgan fingerprint density at radius 1 is 1.00 bits per heavy atom. The molecular weight excluding hydrogens is 474 g/mol. The summed E-state index contributed by atoms with van der Waals surface area (Å²) >= 11 is 0. The van der Waals surface area contributed by atoms with Crippen molar-refractivity contribution in [3.05, 3.63) is 42.0 Å². The predicted octanol–water partition coefficient (Wildman–Crippen LogP) is 4.24. The molecule has 37 heavy (non-hydrogen) atoms. The van der Waals surface area contributed by atoms with Gasteiger partial charge in [-0.2, -0.15) is 0 Å². The average molecular weight is 514 g/mol. The van der Waals surface area contributed by atoms with E-state index in [1.165, 1.54) is 0 Å². The zero-order valence-corrected chi connectivity index (χ0v) is 22.3. The maximum atomic E-state index is 12.8. The fourth-order valence-corrected chi connectivity index (χ4v) is 4.46. The van der Waals surface area contributed by atoms with Crippen molar-refractivity contribution < 1.29 is 28.7 Å². The fourth-order valence-electron chi connectivity index (χ4n) is 4.46. The molecule has 0 bridgehead atoms. The lowest BCUT2D eigenvalue weighted by atomic mass is 9.95. The molecule has 2 aliphatic heterocycles. The van der Waals surface area contributed by atoms with E-state index in [1.54, 1.807) is 47.1 Å². The van der Waals surface area contributed by atoms with Gasteiger partial charge in [-0.15, -0.1) is 0 Å². The Bertz CT molecular complexity index is 990. The van der Waals surface area contributed by atoms with E-state index < -0.39 is 11.6 Å². The number of allylic oxidation sites excluding steroid dienone is 1. The highest BCUT2D eigenvalue weighted by Crippen LogP contribution is 2.22. The standard InChI is InChI=1S/C28H39N3O6/c1-5-36-26(34)21-9-11-23(12-10-21)29-25(33)22-7-6-16-31(19-22)24(32)13-8-20-14-17-30(18-15-20)27(35)37-28(2,3)4/h8-13,20,22H,5-7,14-19H2,1-4H3,(H,29,33)/t22-/m1/s1. The number of nitrogens with zero attached hydrogens (tertiary/aromatic N) is 2. The average Bonchev–Trinajstić information content (AvgIpc) is 2.87. The lowest BCUT2D eigenvalue weighted by molar-refractivity contribution is -0.130. The molecule has 0 aliphatic carbocycles. The van der Waals surface area contributed by atoms with Crippen LogP contribution in [0.5, 0.6) is 0 Å². The Kier molecular flexibility index (Phi) is 9.72. The van der Waals surface area contributed by atoms with Gasteiger partial charge in [-0.1, -0.05) is 6.08 Å². The minimum Gasteiger partial charge on any atom is -0.462 e. The van der Waals surface area contributed by atoms with Crippen molar-refractivity contribution in [3.8, 4) is 0 Å². The topological polar surface area (TPSA) is 105 Å². The van der Waals surface area contributed by atoms with Crippen LogP contribution in [0.25, 0.3) is 0 Å². The number of piperidine rings is 2. The van der Waals surface area contributed by atoms with Gasteiger partial charge in [0.15, 0.2) is 0 Å². The number of nitrogens with one attached hydrogen (secondary N) is 1. The number of esters is 1. The number of carbonyl (C=O) groups excluding carboxylic acids is 4. The molecule has 202 valence electrons. The molecule has 0 radical (unpaired) electrons. The summed E-state index contributed by atoms with van der Waals surface area (Å²) in [5.74, 6) is -0.703. The largest absolute Gasteiger partial charge is 0.462 e. The van der Waals surface area contributed by atoms with Gasteiger partial charge in [0, 0.05) is 31.9 Å². The normalized spacial score (nSPS) is 19.0. The summed E-state index contributed by atoms with van der Waals surface area (Å²) in [4.78, 5) is 53.1. The first-order valence-corrected chi connectivity index (χ1v) is 13.1. The van der Waals surface area contributed by atoms with Gasteiger partial charge in [0.2, 0.25) is 11.8 Å². The zero-order chi connectivity index (χ0) is 27.0. The van der Waals surface area contributed by atoms with Gasteiger partial charge in [0.05, 0.1) is 18.1 Å². The Hall–Kier alpha value is -3.36. The lowest BCUT2D eigenvalue weighted by Gasteiger charge is -2.33. The van der Waals surface area contributed by atoms with Gasteiger partial charge >= 0.3 is 12.1 Å². The van der Waals surface area contributed by atoms with Gasteiger partial charge in [-0.3, -0.25) is 9.59 Å². The van der Waals surface area contributed by atoms with Gasteiger partial charge in [-0.05, 0) is 89.6 Å². The number of anilines is 1. The van der Waals surface area contributed by atoms with Gasteiger partial charge in [0.1, 0.15) is 5.60 Å².